The highest BCUT2D eigenvalue weighted by Crippen LogP contribution is 2.21. The molecule has 4 heteroatoms. The Hall–Kier alpha value is -1.26. The quantitative estimate of drug-likeness (QED) is 0.744. The average Bonchev–Trinajstić information content (AvgIpc) is 2.63. The molecule has 1 heterocycles. The third-order valence-corrected chi connectivity index (χ3v) is 2.88. The molecule has 0 saturated carbocycles. The van der Waals surface area contributed by atoms with E-state index in [1.165, 1.54) is 0 Å². The number of aliphatic hydroxyl groups excluding tert-OH is 1. The van der Waals surface area contributed by atoms with Gasteiger partial charge in [-0.3, -0.25) is 4.90 Å². The molecule has 1 atom stereocenters. The molecule has 16 heavy (non-hydrogen) atoms. The maximum atomic E-state index is 9.44. The molecule has 1 saturated heterocycles. The van der Waals surface area contributed by atoms with Crippen molar-refractivity contribution in [1.29, 1.82) is 0 Å². The number of β-amino-alcohol motifs (C(OH)–C–C–N with tert-alkyl or cyclic N) is 1. The van der Waals surface area contributed by atoms with Crippen molar-refractivity contribution in [2.75, 3.05) is 25.9 Å². The number of hydrogen-bond acceptors (Lipinski definition) is 4. The molecule has 1 unspecified atom stereocenters. The second kappa shape index (κ2) is 4.72. The summed E-state index contributed by atoms with van der Waals surface area (Å²) < 4.78 is 5.17. The Morgan fingerprint density at radius 2 is 2.31 bits per heavy atom. The molecule has 0 spiro atoms. The lowest BCUT2D eigenvalue weighted by Crippen LogP contribution is -2.21. The summed E-state index contributed by atoms with van der Waals surface area (Å²) >= 11 is 0. The number of nitrogens with zero attached hydrogens (tertiary/aromatic N) is 1. The molecular weight excluding hydrogens is 204 g/mol. The molecule has 1 aromatic rings. The number of benzene rings is 1. The van der Waals surface area contributed by atoms with Crippen LogP contribution in [0.25, 0.3) is 0 Å². The molecule has 0 aliphatic carbocycles. The fourth-order valence-electron chi connectivity index (χ4n) is 2.11. The zero-order chi connectivity index (χ0) is 11.5. The predicted molar refractivity (Wildman–Crippen MR) is 63.3 cm³/mol. The Kier molecular flexibility index (Phi) is 3.31. The van der Waals surface area contributed by atoms with Gasteiger partial charge in [-0.25, -0.2) is 0 Å². The number of hydrogen-bond donors (Lipinski definition) is 2. The maximum absolute atomic E-state index is 9.44. The standard InChI is InChI=1S/C12H18N2O2/c1-16-12-5-9(4-10(13)6-12)7-14-3-2-11(15)8-14/h4-6,11,15H,2-3,7-8,13H2,1H3. The average molecular weight is 222 g/mol. The minimum absolute atomic E-state index is 0.178. The van der Waals surface area contributed by atoms with Gasteiger partial charge in [0, 0.05) is 31.4 Å². The summed E-state index contributed by atoms with van der Waals surface area (Å²) in [5.74, 6) is 0.787. The van der Waals surface area contributed by atoms with Crippen molar-refractivity contribution in [2.24, 2.45) is 0 Å². The van der Waals surface area contributed by atoms with Crippen LogP contribution < -0.4 is 10.5 Å². The van der Waals surface area contributed by atoms with Crippen LogP contribution in [0, 0.1) is 0 Å². The molecule has 0 aromatic heterocycles. The fraction of sp³-hybridized carbons (Fsp3) is 0.500. The zero-order valence-corrected chi connectivity index (χ0v) is 9.52. The van der Waals surface area contributed by atoms with Gasteiger partial charge in [-0.15, -0.1) is 0 Å². The van der Waals surface area contributed by atoms with Gasteiger partial charge in [-0.2, -0.15) is 0 Å². The van der Waals surface area contributed by atoms with Gasteiger partial charge in [0.25, 0.3) is 0 Å². The molecule has 1 aliphatic rings. The maximum Gasteiger partial charge on any atom is 0.121 e. The van der Waals surface area contributed by atoms with Crippen molar-refractivity contribution in [2.45, 2.75) is 19.1 Å². The van der Waals surface area contributed by atoms with Crippen LogP contribution in [0.3, 0.4) is 0 Å². The van der Waals surface area contributed by atoms with E-state index in [0.29, 0.717) is 5.69 Å². The second-order valence-corrected chi connectivity index (χ2v) is 4.29. The molecule has 1 aliphatic heterocycles. The number of anilines is 1. The number of likely N-dealkylation sites (tertiary alicyclic amines) is 1. The van der Waals surface area contributed by atoms with Gasteiger partial charge in [0.05, 0.1) is 13.2 Å². The van der Waals surface area contributed by atoms with Crippen LogP contribution >= 0.6 is 0 Å². The molecule has 1 aromatic carbocycles. The molecular formula is C12H18N2O2. The Morgan fingerprint density at radius 3 is 2.94 bits per heavy atom. The van der Waals surface area contributed by atoms with E-state index in [1.807, 2.05) is 18.2 Å². The van der Waals surface area contributed by atoms with Gasteiger partial charge < -0.3 is 15.6 Å². The molecule has 88 valence electrons. The second-order valence-electron chi connectivity index (χ2n) is 4.29. The Balaban J connectivity index is 2.06. The molecule has 0 bridgehead atoms. The van der Waals surface area contributed by atoms with E-state index in [-0.39, 0.29) is 6.10 Å². The van der Waals surface area contributed by atoms with E-state index < -0.39 is 0 Å². The number of ether oxygens (including phenoxy) is 1. The fourth-order valence-corrected chi connectivity index (χ4v) is 2.11. The Morgan fingerprint density at radius 1 is 1.50 bits per heavy atom. The summed E-state index contributed by atoms with van der Waals surface area (Å²) in [7, 11) is 1.64. The van der Waals surface area contributed by atoms with Crippen LogP contribution in [0.4, 0.5) is 5.69 Å². The van der Waals surface area contributed by atoms with Crippen LogP contribution in [0.5, 0.6) is 5.75 Å². The van der Waals surface area contributed by atoms with Gasteiger partial charge in [0.2, 0.25) is 0 Å². The van der Waals surface area contributed by atoms with E-state index in [4.69, 9.17) is 10.5 Å². The summed E-state index contributed by atoms with van der Waals surface area (Å²) in [5.41, 5.74) is 7.64. The van der Waals surface area contributed by atoms with Crippen LogP contribution in [0.2, 0.25) is 0 Å². The Bertz CT molecular complexity index is 368. The van der Waals surface area contributed by atoms with Gasteiger partial charge in [0.1, 0.15) is 5.75 Å². The van der Waals surface area contributed by atoms with E-state index >= 15 is 0 Å². The van der Waals surface area contributed by atoms with Gasteiger partial charge in [-0.05, 0) is 24.1 Å². The number of rotatable bonds is 3. The summed E-state index contributed by atoms with van der Waals surface area (Å²) in [6.45, 7) is 2.51. The first-order valence-electron chi connectivity index (χ1n) is 5.51. The van der Waals surface area contributed by atoms with Gasteiger partial charge in [-0.1, -0.05) is 0 Å². The third-order valence-electron chi connectivity index (χ3n) is 2.88. The number of methoxy groups -OCH3 is 1. The van der Waals surface area contributed by atoms with Crippen molar-refractivity contribution in [1.82, 2.24) is 4.90 Å². The van der Waals surface area contributed by atoms with Gasteiger partial charge >= 0.3 is 0 Å². The van der Waals surface area contributed by atoms with Crippen LogP contribution in [-0.2, 0) is 6.54 Å². The van der Waals surface area contributed by atoms with Crippen LogP contribution in [0.1, 0.15) is 12.0 Å². The molecule has 1 fully saturated rings. The lowest BCUT2D eigenvalue weighted by atomic mass is 10.2. The minimum atomic E-state index is -0.178. The third kappa shape index (κ3) is 2.65. The predicted octanol–water partition coefficient (Wildman–Crippen LogP) is 0.844. The smallest absolute Gasteiger partial charge is 0.121 e. The highest BCUT2D eigenvalue weighted by Gasteiger charge is 2.20. The monoisotopic (exact) mass is 222 g/mol. The van der Waals surface area contributed by atoms with E-state index in [2.05, 4.69) is 4.90 Å². The summed E-state index contributed by atoms with van der Waals surface area (Å²) in [5, 5.41) is 9.44. The van der Waals surface area contributed by atoms with Crippen LogP contribution in [-0.4, -0.2) is 36.3 Å². The largest absolute Gasteiger partial charge is 0.497 e. The van der Waals surface area contributed by atoms with Gasteiger partial charge in [0.15, 0.2) is 0 Å². The number of nitrogens with two attached hydrogens (primary N) is 1. The molecule has 0 radical (unpaired) electrons. The topological polar surface area (TPSA) is 58.7 Å². The summed E-state index contributed by atoms with van der Waals surface area (Å²) in [6, 6.07) is 5.75. The normalized spacial score (nSPS) is 21.2. The molecule has 3 N–H and O–H groups in total. The van der Waals surface area contributed by atoms with E-state index in [1.54, 1.807) is 7.11 Å². The first kappa shape index (κ1) is 11.2. The SMILES string of the molecule is COc1cc(N)cc(CN2CCC(O)C2)c1. The minimum Gasteiger partial charge on any atom is -0.497 e. The van der Waals surface area contributed by atoms with E-state index in [0.717, 1.165) is 37.4 Å². The lowest BCUT2D eigenvalue weighted by Gasteiger charge is -2.15. The lowest BCUT2D eigenvalue weighted by molar-refractivity contribution is 0.175. The summed E-state index contributed by atoms with van der Waals surface area (Å²) in [4.78, 5) is 2.22. The first-order chi connectivity index (χ1) is 7.67. The number of nitrogen functional groups attached to an aromatic ring is 1. The number of aliphatic hydroxyl groups is 1. The van der Waals surface area contributed by atoms with E-state index in [9.17, 15) is 5.11 Å². The van der Waals surface area contributed by atoms with Crippen molar-refractivity contribution in [3.8, 4) is 5.75 Å². The Labute approximate surface area is 95.6 Å². The summed E-state index contributed by atoms with van der Waals surface area (Å²) in [6.07, 6.45) is 0.683. The van der Waals surface area contributed by atoms with Crippen molar-refractivity contribution < 1.29 is 9.84 Å². The molecule has 0 amide bonds. The van der Waals surface area contributed by atoms with Crippen molar-refractivity contribution in [3.05, 3.63) is 23.8 Å². The van der Waals surface area contributed by atoms with Crippen molar-refractivity contribution >= 4 is 5.69 Å². The van der Waals surface area contributed by atoms with Crippen LogP contribution in [0.15, 0.2) is 18.2 Å². The molecule has 2 rings (SSSR count). The zero-order valence-electron chi connectivity index (χ0n) is 9.52. The first-order valence-corrected chi connectivity index (χ1v) is 5.51. The van der Waals surface area contributed by atoms with Crippen molar-refractivity contribution in [3.63, 3.8) is 0 Å². The highest BCUT2D eigenvalue weighted by molar-refractivity contribution is 5.47. The highest BCUT2D eigenvalue weighted by atomic mass is 16.5. The molecule has 4 nitrogen and oxygen atoms in total.